The van der Waals surface area contributed by atoms with Crippen LogP contribution in [0.1, 0.15) is 24.3 Å². The Labute approximate surface area is 152 Å². The number of aromatic amines is 1. The molecule has 0 aliphatic carbocycles. The number of rotatable bonds is 4. The van der Waals surface area contributed by atoms with Crippen molar-refractivity contribution in [1.29, 1.82) is 0 Å². The van der Waals surface area contributed by atoms with Gasteiger partial charge in [-0.2, -0.15) is 4.31 Å². The zero-order valence-corrected chi connectivity index (χ0v) is 15.5. The van der Waals surface area contributed by atoms with E-state index in [0.717, 1.165) is 16.7 Å². The third kappa shape index (κ3) is 2.89. The highest BCUT2D eigenvalue weighted by atomic mass is 32.2. The smallest absolute Gasteiger partial charge is 0.248 e. The summed E-state index contributed by atoms with van der Waals surface area (Å²) in [6.07, 6.45) is 3.16. The molecule has 1 saturated heterocycles. The number of nitrogens with zero attached hydrogens (tertiary/aromatic N) is 2. The van der Waals surface area contributed by atoms with Gasteiger partial charge < -0.3 is 14.2 Å². The average Bonchev–Trinajstić information content (AvgIpc) is 3.22. The van der Waals surface area contributed by atoms with Crippen molar-refractivity contribution in [2.24, 2.45) is 0 Å². The molecular formula is C18H21N3O4S. The van der Waals surface area contributed by atoms with Crippen LogP contribution in [0.5, 0.6) is 5.75 Å². The van der Waals surface area contributed by atoms with Gasteiger partial charge in [0, 0.05) is 30.2 Å². The summed E-state index contributed by atoms with van der Waals surface area (Å²) in [5, 5.41) is 4.80. The van der Waals surface area contributed by atoms with Gasteiger partial charge in [-0.15, -0.1) is 0 Å². The van der Waals surface area contributed by atoms with E-state index >= 15 is 0 Å². The molecule has 4 rings (SSSR count). The number of sulfonamides is 1. The third-order valence-electron chi connectivity index (χ3n) is 4.82. The maximum absolute atomic E-state index is 12.9. The molecule has 0 amide bonds. The van der Waals surface area contributed by atoms with Crippen molar-refractivity contribution in [2.45, 2.75) is 37.7 Å². The Morgan fingerprint density at radius 2 is 2.00 bits per heavy atom. The number of H-pyrrole nitrogens is 1. The first-order chi connectivity index (χ1) is 12.5. The van der Waals surface area contributed by atoms with Crippen molar-refractivity contribution >= 4 is 20.9 Å². The SMILES string of the molecule is Cc1noc(C)c1S(=O)(=O)N1CCC(Oc2cccc3[nH]ccc23)CC1. The number of hydrogen-bond donors (Lipinski definition) is 1. The summed E-state index contributed by atoms with van der Waals surface area (Å²) in [5.41, 5.74) is 1.43. The summed E-state index contributed by atoms with van der Waals surface area (Å²) in [6, 6.07) is 7.89. The number of fused-ring (bicyclic) bond motifs is 1. The Morgan fingerprint density at radius 1 is 1.23 bits per heavy atom. The molecule has 1 aromatic carbocycles. The lowest BCUT2D eigenvalue weighted by Crippen LogP contribution is -2.42. The Hall–Kier alpha value is -2.32. The van der Waals surface area contributed by atoms with Gasteiger partial charge in [0.2, 0.25) is 10.0 Å². The maximum atomic E-state index is 12.9. The molecule has 1 N–H and O–H groups in total. The van der Waals surface area contributed by atoms with E-state index in [1.807, 2.05) is 30.5 Å². The van der Waals surface area contributed by atoms with E-state index in [1.165, 1.54) is 4.31 Å². The summed E-state index contributed by atoms with van der Waals surface area (Å²) in [5.74, 6) is 1.16. The van der Waals surface area contributed by atoms with Crippen LogP contribution in [0.25, 0.3) is 10.9 Å². The van der Waals surface area contributed by atoms with Gasteiger partial charge in [0.15, 0.2) is 5.76 Å². The molecule has 3 heterocycles. The number of hydrogen-bond acceptors (Lipinski definition) is 5. The molecule has 0 saturated carbocycles. The Balaban J connectivity index is 1.47. The van der Waals surface area contributed by atoms with Crippen molar-refractivity contribution in [3.05, 3.63) is 41.9 Å². The van der Waals surface area contributed by atoms with Crippen LogP contribution in [0.2, 0.25) is 0 Å². The Kier molecular flexibility index (Phi) is 4.24. The van der Waals surface area contributed by atoms with E-state index < -0.39 is 10.0 Å². The minimum atomic E-state index is -3.59. The van der Waals surface area contributed by atoms with Crippen molar-refractivity contribution in [1.82, 2.24) is 14.4 Å². The van der Waals surface area contributed by atoms with E-state index in [0.29, 0.717) is 37.4 Å². The number of aryl methyl sites for hydroxylation is 2. The summed E-state index contributed by atoms with van der Waals surface area (Å²) in [6.45, 7) is 4.11. The molecule has 7 nitrogen and oxygen atoms in total. The van der Waals surface area contributed by atoms with Crippen LogP contribution in [0.15, 0.2) is 39.9 Å². The van der Waals surface area contributed by atoms with Gasteiger partial charge in [-0.1, -0.05) is 11.2 Å². The number of aromatic nitrogens is 2. The normalized spacial score (nSPS) is 17.0. The molecule has 0 bridgehead atoms. The Bertz CT molecular complexity index is 1010. The lowest BCUT2D eigenvalue weighted by Gasteiger charge is -2.31. The van der Waals surface area contributed by atoms with Crippen molar-refractivity contribution in [2.75, 3.05) is 13.1 Å². The summed E-state index contributed by atoms with van der Waals surface area (Å²) in [7, 11) is -3.59. The zero-order chi connectivity index (χ0) is 18.3. The maximum Gasteiger partial charge on any atom is 0.248 e. The fourth-order valence-corrected chi connectivity index (χ4v) is 5.26. The highest BCUT2D eigenvalue weighted by molar-refractivity contribution is 7.89. The van der Waals surface area contributed by atoms with Gasteiger partial charge >= 0.3 is 0 Å². The van der Waals surface area contributed by atoms with Crippen LogP contribution < -0.4 is 4.74 Å². The number of nitrogens with one attached hydrogen (secondary N) is 1. The molecule has 2 aromatic heterocycles. The van der Waals surface area contributed by atoms with E-state index in [1.54, 1.807) is 13.8 Å². The quantitative estimate of drug-likeness (QED) is 0.757. The third-order valence-corrected chi connectivity index (χ3v) is 6.96. The van der Waals surface area contributed by atoms with E-state index in [-0.39, 0.29) is 11.0 Å². The molecule has 1 fully saturated rings. The van der Waals surface area contributed by atoms with Crippen LogP contribution in [0.4, 0.5) is 0 Å². The minimum Gasteiger partial charge on any atom is -0.490 e. The topological polar surface area (TPSA) is 88.4 Å². The van der Waals surface area contributed by atoms with Crippen LogP contribution in [0, 0.1) is 13.8 Å². The van der Waals surface area contributed by atoms with E-state index in [2.05, 4.69) is 10.1 Å². The van der Waals surface area contributed by atoms with E-state index in [4.69, 9.17) is 9.26 Å². The Morgan fingerprint density at radius 3 is 2.69 bits per heavy atom. The van der Waals surface area contributed by atoms with Gasteiger partial charge in [0.05, 0.1) is 0 Å². The number of benzene rings is 1. The molecule has 3 aromatic rings. The van der Waals surface area contributed by atoms with Gasteiger partial charge in [-0.25, -0.2) is 8.42 Å². The first kappa shape index (κ1) is 17.1. The number of ether oxygens (including phenoxy) is 1. The van der Waals surface area contributed by atoms with Gasteiger partial charge in [0.25, 0.3) is 0 Å². The lowest BCUT2D eigenvalue weighted by molar-refractivity contribution is 0.137. The summed E-state index contributed by atoms with van der Waals surface area (Å²) in [4.78, 5) is 3.36. The van der Waals surface area contributed by atoms with Crippen LogP contribution in [-0.4, -0.2) is 42.1 Å². The molecule has 0 unspecified atom stereocenters. The fraction of sp³-hybridized carbons (Fsp3) is 0.389. The average molecular weight is 375 g/mol. The second-order valence-electron chi connectivity index (χ2n) is 6.57. The second-order valence-corrected chi connectivity index (χ2v) is 8.44. The van der Waals surface area contributed by atoms with E-state index in [9.17, 15) is 8.42 Å². The van der Waals surface area contributed by atoms with Crippen LogP contribution in [-0.2, 0) is 10.0 Å². The fourth-order valence-electron chi connectivity index (χ4n) is 3.50. The van der Waals surface area contributed by atoms with Crippen LogP contribution in [0.3, 0.4) is 0 Å². The minimum absolute atomic E-state index is 0.00776. The van der Waals surface area contributed by atoms with Crippen molar-refractivity contribution in [3.63, 3.8) is 0 Å². The molecule has 1 aliphatic heterocycles. The molecule has 1 aliphatic rings. The monoisotopic (exact) mass is 375 g/mol. The summed E-state index contributed by atoms with van der Waals surface area (Å²) < 4.78 is 38.4. The van der Waals surface area contributed by atoms with Gasteiger partial charge in [-0.05, 0) is 44.9 Å². The highest BCUT2D eigenvalue weighted by Crippen LogP contribution is 2.30. The van der Waals surface area contributed by atoms with Crippen LogP contribution >= 0.6 is 0 Å². The standard InChI is InChI=1S/C18H21N3O4S/c1-12-18(13(2)25-20-12)26(22,23)21-10-7-14(8-11-21)24-17-5-3-4-16-15(17)6-9-19-16/h3-6,9,14,19H,7-8,10-11H2,1-2H3. The van der Waals surface area contributed by atoms with Crippen molar-refractivity contribution in [3.8, 4) is 5.75 Å². The van der Waals surface area contributed by atoms with Crippen molar-refractivity contribution < 1.29 is 17.7 Å². The first-order valence-electron chi connectivity index (χ1n) is 8.62. The molecule has 8 heteroatoms. The van der Waals surface area contributed by atoms with Gasteiger partial charge in [0.1, 0.15) is 22.4 Å². The van der Waals surface area contributed by atoms with Gasteiger partial charge in [-0.3, -0.25) is 0 Å². The molecule has 0 spiro atoms. The largest absolute Gasteiger partial charge is 0.490 e. The molecule has 0 radical (unpaired) electrons. The molecule has 0 atom stereocenters. The first-order valence-corrected chi connectivity index (χ1v) is 10.1. The molecule has 26 heavy (non-hydrogen) atoms. The zero-order valence-electron chi connectivity index (χ0n) is 14.7. The molecule has 138 valence electrons. The highest BCUT2D eigenvalue weighted by Gasteiger charge is 2.34. The number of piperidine rings is 1. The second kappa shape index (κ2) is 6.44. The molecular weight excluding hydrogens is 354 g/mol. The lowest BCUT2D eigenvalue weighted by atomic mass is 10.1. The predicted octanol–water partition coefficient (Wildman–Crippen LogP) is 3.00. The predicted molar refractivity (Wildman–Crippen MR) is 96.7 cm³/mol. The summed E-state index contributed by atoms with van der Waals surface area (Å²) >= 11 is 0.